The van der Waals surface area contributed by atoms with Crippen LogP contribution in [0.3, 0.4) is 0 Å². The van der Waals surface area contributed by atoms with E-state index in [0.29, 0.717) is 42.0 Å². The Hall–Kier alpha value is -3.35. The minimum Gasteiger partial charge on any atom is -0.493 e. The average Bonchev–Trinajstić information content (AvgIpc) is 2.97. The van der Waals surface area contributed by atoms with E-state index in [1.54, 1.807) is 48.5 Å². The monoisotopic (exact) mass is 383 g/mol. The lowest BCUT2D eigenvalue weighted by atomic mass is 10.1. The van der Waals surface area contributed by atoms with Crippen molar-refractivity contribution in [3.63, 3.8) is 0 Å². The number of carbonyl (C=O) groups is 3. The van der Waals surface area contributed by atoms with Crippen LogP contribution in [-0.4, -0.2) is 49.6 Å². The third-order valence-corrected chi connectivity index (χ3v) is 4.33. The van der Waals surface area contributed by atoms with Gasteiger partial charge in [-0.15, -0.1) is 0 Å². The Bertz CT molecular complexity index is 844. The van der Waals surface area contributed by atoms with Gasteiger partial charge in [-0.3, -0.25) is 14.5 Å². The van der Waals surface area contributed by atoms with E-state index in [1.165, 1.54) is 12.0 Å². The molecule has 1 heterocycles. The number of fused-ring (bicyclic) bond motifs is 1. The summed E-state index contributed by atoms with van der Waals surface area (Å²) in [5, 5.41) is 0. The first-order chi connectivity index (χ1) is 13.6. The summed E-state index contributed by atoms with van der Waals surface area (Å²) in [6, 6.07) is 13.8. The number of unbranched alkanes of at least 4 members (excludes halogenated alkanes) is 1. The first kappa shape index (κ1) is 19.4. The fraction of sp³-hybridized carbons (Fsp3) is 0.286. The van der Waals surface area contributed by atoms with Gasteiger partial charge in [-0.25, -0.2) is 4.79 Å². The van der Waals surface area contributed by atoms with Crippen molar-refractivity contribution in [3.8, 4) is 11.5 Å². The van der Waals surface area contributed by atoms with E-state index in [-0.39, 0.29) is 25.0 Å². The van der Waals surface area contributed by atoms with E-state index in [1.807, 2.05) is 0 Å². The summed E-state index contributed by atoms with van der Waals surface area (Å²) >= 11 is 0. The summed E-state index contributed by atoms with van der Waals surface area (Å²) in [5.41, 5.74) is 0.875. The molecule has 3 rings (SSSR count). The van der Waals surface area contributed by atoms with Gasteiger partial charge < -0.3 is 14.2 Å². The van der Waals surface area contributed by atoms with Crippen LogP contribution in [0.2, 0.25) is 0 Å². The lowest BCUT2D eigenvalue weighted by molar-refractivity contribution is -0.146. The number of hydrogen-bond donors (Lipinski definition) is 0. The Morgan fingerprint density at radius 3 is 2.14 bits per heavy atom. The Morgan fingerprint density at radius 2 is 1.50 bits per heavy atom. The predicted molar refractivity (Wildman–Crippen MR) is 100 cm³/mol. The SMILES string of the molecule is COc1ccccc1OCC(=O)OCCCCN1C(=O)c2ccccc2C1=O. The maximum absolute atomic E-state index is 12.2. The maximum Gasteiger partial charge on any atom is 0.344 e. The normalized spacial score (nSPS) is 12.7. The van der Waals surface area contributed by atoms with Crippen molar-refractivity contribution in [3.05, 3.63) is 59.7 Å². The number of esters is 1. The van der Waals surface area contributed by atoms with Crippen molar-refractivity contribution >= 4 is 17.8 Å². The molecule has 2 aromatic carbocycles. The van der Waals surface area contributed by atoms with Gasteiger partial charge >= 0.3 is 5.97 Å². The summed E-state index contributed by atoms with van der Waals surface area (Å²) in [6.45, 7) is 0.262. The van der Waals surface area contributed by atoms with E-state index in [2.05, 4.69) is 0 Å². The van der Waals surface area contributed by atoms with Gasteiger partial charge in [0.15, 0.2) is 18.1 Å². The van der Waals surface area contributed by atoms with Crippen molar-refractivity contribution in [2.24, 2.45) is 0 Å². The third kappa shape index (κ3) is 4.31. The summed E-state index contributed by atoms with van der Waals surface area (Å²) in [6.07, 6.45) is 1.08. The molecule has 7 heteroatoms. The van der Waals surface area contributed by atoms with Crippen LogP contribution in [0.4, 0.5) is 0 Å². The minimum atomic E-state index is -0.494. The number of ether oxygens (including phenoxy) is 3. The van der Waals surface area contributed by atoms with Crippen LogP contribution in [0.5, 0.6) is 11.5 Å². The zero-order chi connectivity index (χ0) is 19.9. The molecular formula is C21H21NO6. The van der Waals surface area contributed by atoms with E-state index >= 15 is 0 Å². The Kier molecular flexibility index (Phi) is 6.26. The molecule has 0 fully saturated rings. The smallest absolute Gasteiger partial charge is 0.344 e. The molecule has 146 valence electrons. The molecule has 1 aliphatic heterocycles. The fourth-order valence-electron chi connectivity index (χ4n) is 2.92. The molecule has 0 N–H and O–H groups in total. The predicted octanol–water partition coefficient (Wildman–Crippen LogP) is 2.69. The molecule has 0 radical (unpaired) electrons. The number of rotatable bonds is 9. The number of imide groups is 1. The first-order valence-corrected chi connectivity index (χ1v) is 8.98. The number of amides is 2. The second-order valence-electron chi connectivity index (χ2n) is 6.17. The van der Waals surface area contributed by atoms with Crippen molar-refractivity contribution in [1.29, 1.82) is 0 Å². The van der Waals surface area contributed by atoms with Crippen LogP contribution < -0.4 is 9.47 Å². The molecule has 7 nitrogen and oxygen atoms in total. The molecule has 0 atom stereocenters. The molecule has 0 spiro atoms. The van der Waals surface area contributed by atoms with Crippen LogP contribution in [0.25, 0.3) is 0 Å². The van der Waals surface area contributed by atoms with Gasteiger partial charge in [-0.05, 0) is 37.1 Å². The number of nitrogens with zero attached hydrogens (tertiary/aromatic N) is 1. The third-order valence-electron chi connectivity index (χ3n) is 4.33. The van der Waals surface area contributed by atoms with Crippen LogP contribution in [0.15, 0.2) is 48.5 Å². The van der Waals surface area contributed by atoms with E-state index < -0.39 is 5.97 Å². The van der Waals surface area contributed by atoms with Gasteiger partial charge in [0.2, 0.25) is 0 Å². The van der Waals surface area contributed by atoms with Crippen LogP contribution in [0, 0.1) is 0 Å². The first-order valence-electron chi connectivity index (χ1n) is 8.98. The minimum absolute atomic E-state index is 0.192. The highest BCUT2D eigenvalue weighted by molar-refractivity contribution is 6.21. The summed E-state index contributed by atoms with van der Waals surface area (Å²) in [5.74, 6) is -0.0407. The molecule has 28 heavy (non-hydrogen) atoms. The van der Waals surface area contributed by atoms with Crippen LogP contribution in [-0.2, 0) is 9.53 Å². The lowest BCUT2D eigenvalue weighted by Gasteiger charge is -2.13. The molecule has 2 amide bonds. The molecule has 0 saturated carbocycles. The number of benzene rings is 2. The van der Waals surface area contributed by atoms with Crippen molar-refractivity contribution < 1.29 is 28.6 Å². The van der Waals surface area contributed by atoms with Gasteiger partial charge in [0.25, 0.3) is 11.8 Å². The summed E-state index contributed by atoms with van der Waals surface area (Å²) in [4.78, 5) is 37.5. The van der Waals surface area contributed by atoms with Crippen molar-refractivity contribution in [1.82, 2.24) is 4.90 Å². The van der Waals surface area contributed by atoms with E-state index in [0.717, 1.165) is 0 Å². The highest BCUT2D eigenvalue weighted by Crippen LogP contribution is 2.25. The quantitative estimate of drug-likeness (QED) is 0.376. The number of para-hydroxylation sites is 2. The molecule has 1 aliphatic rings. The molecule has 0 bridgehead atoms. The van der Waals surface area contributed by atoms with Gasteiger partial charge in [0.1, 0.15) is 0 Å². The standard InChI is InChI=1S/C21H21NO6/c1-26-17-10-4-5-11-18(17)28-14-19(23)27-13-7-6-12-22-20(24)15-8-2-3-9-16(15)21(22)25/h2-5,8-11H,6-7,12-14H2,1H3. The average molecular weight is 383 g/mol. The fourth-order valence-corrected chi connectivity index (χ4v) is 2.92. The zero-order valence-corrected chi connectivity index (χ0v) is 15.6. The molecule has 0 unspecified atom stereocenters. The second kappa shape index (κ2) is 9.03. The molecular weight excluding hydrogens is 362 g/mol. The topological polar surface area (TPSA) is 82.1 Å². The molecule has 2 aromatic rings. The molecule has 0 aliphatic carbocycles. The largest absolute Gasteiger partial charge is 0.493 e. The Morgan fingerprint density at radius 1 is 0.893 bits per heavy atom. The van der Waals surface area contributed by atoms with Gasteiger partial charge in [0, 0.05) is 6.54 Å². The second-order valence-corrected chi connectivity index (χ2v) is 6.17. The summed E-state index contributed by atoms with van der Waals surface area (Å²) in [7, 11) is 1.52. The zero-order valence-electron chi connectivity index (χ0n) is 15.6. The molecule has 0 saturated heterocycles. The van der Waals surface area contributed by atoms with Crippen LogP contribution in [0.1, 0.15) is 33.6 Å². The number of hydrogen-bond acceptors (Lipinski definition) is 6. The summed E-state index contributed by atoms with van der Waals surface area (Å²) < 4.78 is 15.7. The van der Waals surface area contributed by atoms with Gasteiger partial charge in [0.05, 0.1) is 24.8 Å². The van der Waals surface area contributed by atoms with Crippen molar-refractivity contribution in [2.75, 3.05) is 26.9 Å². The van der Waals surface area contributed by atoms with E-state index in [9.17, 15) is 14.4 Å². The lowest BCUT2D eigenvalue weighted by Crippen LogP contribution is -2.30. The Labute approximate surface area is 162 Å². The van der Waals surface area contributed by atoms with E-state index in [4.69, 9.17) is 14.2 Å². The number of carbonyl (C=O) groups excluding carboxylic acids is 3. The van der Waals surface area contributed by atoms with Gasteiger partial charge in [-0.1, -0.05) is 24.3 Å². The van der Waals surface area contributed by atoms with Gasteiger partial charge in [-0.2, -0.15) is 0 Å². The number of methoxy groups -OCH3 is 1. The highest BCUT2D eigenvalue weighted by atomic mass is 16.6. The molecule has 0 aromatic heterocycles. The van der Waals surface area contributed by atoms with Crippen LogP contribution >= 0.6 is 0 Å². The highest BCUT2D eigenvalue weighted by Gasteiger charge is 2.34. The maximum atomic E-state index is 12.2. The Balaban J connectivity index is 1.36. The van der Waals surface area contributed by atoms with Crippen molar-refractivity contribution in [2.45, 2.75) is 12.8 Å².